The van der Waals surface area contributed by atoms with Gasteiger partial charge in [0.25, 0.3) is 0 Å². The van der Waals surface area contributed by atoms with Crippen molar-refractivity contribution >= 4 is 47.8 Å². The van der Waals surface area contributed by atoms with Crippen molar-refractivity contribution in [1.29, 1.82) is 0 Å². The number of rotatable bonds is 2. The zero-order chi connectivity index (χ0) is 14.3. The van der Waals surface area contributed by atoms with Crippen LogP contribution in [0.4, 0.5) is 0 Å². The third kappa shape index (κ3) is 2.69. The Balaban J connectivity index is 2.11. The minimum Gasteiger partial charge on any atom is -0.493 e. The highest BCUT2D eigenvalue weighted by atomic mass is 79.9. The van der Waals surface area contributed by atoms with Crippen LogP contribution in [0.15, 0.2) is 43.7 Å². The Kier molecular flexibility index (Phi) is 4.22. The summed E-state index contributed by atoms with van der Waals surface area (Å²) in [6.07, 6.45) is 0.939. The van der Waals surface area contributed by atoms with E-state index in [2.05, 4.69) is 53.9 Å². The number of halogens is 3. The number of hydrogen-bond donors (Lipinski definition) is 1. The number of nitrogens with two attached hydrogens (primary N) is 1. The quantitative estimate of drug-likeness (QED) is 0.686. The predicted octanol–water partition coefficient (Wildman–Crippen LogP) is 4.96. The number of ether oxygens (including phenoxy) is 1. The lowest BCUT2D eigenvalue weighted by atomic mass is 9.96. The molecule has 1 aliphatic rings. The van der Waals surface area contributed by atoms with Gasteiger partial charge in [-0.05, 0) is 41.5 Å². The molecule has 5 heteroatoms. The van der Waals surface area contributed by atoms with Crippen LogP contribution < -0.4 is 10.5 Å². The van der Waals surface area contributed by atoms with Gasteiger partial charge in [0.15, 0.2) is 0 Å². The Morgan fingerprint density at radius 1 is 1.00 bits per heavy atom. The fourth-order valence-corrected chi connectivity index (χ4v) is 3.84. The zero-order valence-electron chi connectivity index (χ0n) is 10.5. The van der Waals surface area contributed by atoms with Crippen LogP contribution in [-0.2, 0) is 6.42 Å². The van der Waals surface area contributed by atoms with Crippen LogP contribution in [-0.4, -0.2) is 6.61 Å². The molecule has 2 N–H and O–H groups in total. The summed E-state index contributed by atoms with van der Waals surface area (Å²) in [5, 5.41) is 0. The molecule has 0 saturated carbocycles. The Morgan fingerprint density at radius 3 is 2.55 bits per heavy atom. The molecule has 3 rings (SSSR count). The van der Waals surface area contributed by atoms with E-state index in [0.717, 1.165) is 43.3 Å². The molecule has 104 valence electrons. The van der Waals surface area contributed by atoms with Gasteiger partial charge in [-0.15, -0.1) is 0 Å². The molecule has 0 radical (unpaired) electrons. The topological polar surface area (TPSA) is 35.2 Å². The Bertz CT molecular complexity index is 672. The molecule has 0 bridgehead atoms. The number of benzene rings is 2. The summed E-state index contributed by atoms with van der Waals surface area (Å²) in [7, 11) is 0. The molecule has 0 amide bonds. The van der Waals surface area contributed by atoms with E-state index in [1.165, 1.54) is 5.56 Å². The molecule has 0 fully saturated rings. The lowest BCUT2D eigenvalue weighted by Crippen LogP contribution is -2.14. The number of fused-ring (bicyclic) bond motifs is 1. The third-order valence-electron chi connectivity index (χ3n) is 3.41. The molecule has 1 heterocycles. The van der Waals surface area contributed by atoms with Crippen molar-refractivity contribution < 1.29 is 4.74 Å². The van der Waals surface area contributed by atoms with E-state index in [1.807, 2.05) is 24.3 Å². The van der Waals surface area contributed by atoms with Gasteiger partial charge < -0.3 is 10.5 Å². The van der Waals surface area contributed by atoms with Gasteiger partial charge in [-0.1, -0.05) is 47.8 Å². The minimum absolute atomic E-state index is 0.230. The number of hydrogen-bond acceptors (Lipinski definition) is 2. The van der Waals surface area contributed by atoms with E-state index < -0.39 is 0 Å². The monoisotopic (exact) mass is 459 g/mol. The highest BCUT2D eigenvalue weighted by molar-refractivity contribution is 9.11. The van der Waals surface area contributed by atoms with Gasteiger partial charge >= 0.3 is 0 Å². The van der Waals surface area contributed by atoms with Crippen molar-refractivity contribution in [2.45, 2.75) is 12.5 Å². The summed E-state index contributed by atoms with van der Waals surface area (Å²) in [5.41, 5.74) is 9.75. The second kappa shape index (κ2) is 5.79. The van der Waals surface area contributed by atoms with E-state index in [9.17, 15) is 0 Å². The standard InChI is InChI=1S/C15H12Br3NO/c16-9-1-2-13(18)11(6-9)14(19)12-7-10(17)5-8-3-4-20-15(8)12/h1-2,5-7,14H,3-4,19H2. The van der Waals surface area contributed by atoms with Crippen molar-refractivity contribution in [3.8, 4) is 5.75 Å². The highest BCUT2D eigenvalue weighted by Crippen LogP contribution is 2.39. The summed E-state index contributed by atoms with van der Waals surface area (Å²) >= 11 is 10.6. The lowest BCUT2D eigenvalue weighted by Gasteiger charge is -2.18. The first-order chi connectivity index (χ1) is 9.56. The fourth-order valence-electron chi connectivity index (χ4n) is 2.45. The Labute approximate surface area is 143 Å². The molecule has 0 spiro atoms. The van der Waals surface area contributed by atoms with E-state index in [0.29, 0.717) is 0 Å². The van der Waals surface area contributed by atoms with Crippen LogP contribution in [0, 0.1) is 0 Å². The Morgan fingerprint density at radius 2 is 1.75 bits per heavy atom. The first-order valence-corrected chi connectivity index (χ1v) is 8.60. The second-order valence-electron chi connectivity index (χ2n) is 4.73. The maximum absolute atomic E-state index is 6.48. The summed E-state index contributed by atoms with van der Waals surface area (Å²) in [6.45, 7) is 0.727. The van der Waals surface area contributed by atoms with Crippen LogP contribution in [0.25, 0.3) is 0 Å². The second-order valence-corrected chi connectivity index (χ2v) is 7.41. The smallest absolute Gasteiger partial charge is 0.127 e. The molecule has 0 saturated heterocycles. The summed E-state index contributed by atoms with van der Waals surface area (Å²) in [6, 6.07) is 9.94. The van der Waals surface area contributed by atoms with Gasteiger partial charge in [0.1, 0.15) is 5.75 Å². The predicted molar refractivity (Wildman–Crippen MR) is 91.2 cm³/mol. The van der Waals surface area contributed by atoms with E-state index >= 15 is 0 Å². The third-order valence-corrected chi connectivity index (χ3v) is 5.08. The maximum atomic E-state index is 6.48. The van der Waals surface area contributed by atoms with Crippen molar-refractivity contribution in [1.82, 2.24) is 0 Å². The van der Waals surface area contributed by atoms with Gasteiger partial charge in [0.05, 0.1) is 12.6 Å². The first kappa shape index (κ1) is 14.6. The summed E-state index contributed by atoms with van der Waals surface area (Å²) in [4.78, 5) is 0. The molecule has 1 aliphatic heterocycles. The van der Waals surface area contributed by atoms with Gasteiger partial charge in [0, 0.05) is 25.4 Å². The van der Waals surface area contributed by atoms with Gasteiger partial charge in [-0.2, -0.15) is 0 Å². The molecule has 2 aromatic rings. The van der Waals surface area contributed by atoms with Crippen LogP contribution in [0.2, 0.25) is 0 Å². The van der Waals surface area contributed by atoms with Crippen molar-refractivity contribution in [2.24, 2.45) is 5.73 Å². The largest absolute Gasteiger partial charge is 0.493 e. The van der Waals surface area contributed by atoms with E-state index in [1.54, 1.807) is 0 Å². The fraction of sp³-hybridized carbons (Fsp3) is 0.200. The van der Waals surface area contributed by atoms with E-state index in [-0.39, 0.29) is 6.04 Å². The van der Waals surface area contributed by atoms with Crippen LogP contribution in [0.1, 0.15) is 22.7 Å². The first-order valence-electron chi connectivity index (χ1n) is 6.22. The van der Waals surface area contributed by atoms with Gasteiger partial charge in [0.2, 0.25) is 0 Å². The van der Waals surface area contributed by atoms with Crippen molar-refractivity contribution in [2.75, 3.05) is 6.61 Å². The molecule has 20 heavy (non-hydrogen) atoms. The summed E-state index contributed by atoms with van der Waals surface area (Å²) < 4.78 is 8.82. The Hall–Kier alpha value is -0.360. The minimum atomic E-state index is -0.230. The van der Waals surface area contributed by atoms with Crippen molar-refractivity contribution in [3.05, 3.63) is 60.4 Å². The van der Waals surface area contributed by atoms with Crippen LogP contribution in [0.5, 0.6) is 5.75 Å². The van der Waals surface area contributed by atoms with Crippen LogP contribution in [0.3, 0.4) is 0 Å². The molecule has 1 unspecified atom stereocenters. The maximum Gasteiger partial charge on any atom is 0.127 e. The molecule has 0 aliphatic carbocycles. The molecular formula is C15H12Br3NO. The average Bonchev–Trinajstić information content (AvgIpc) is 2.87. The van der Waals surface area contributed by atoms with E-state index in [4.69, 9.17) is 10.5 Å². The highest BCUT2D eigenvalue weighted by Gasteiger charge is 2.23. The van der Waals surface area contributed by atoms with Crippen LogP contribution >= 0.6 is 47.8 Å². The molecule has 2 aromatic carbocycles. The van der Waals surface area contributed by atoms with Gasteiger partial charge in [-0.3, -0.25) is 0 Å². The molecular weight excluding hydrogens is 450 g/mol. The lowest BCUT2D eigenvalue weighted by molar-refractivity contribution is 0.352. The van der Waals surface area contributed by atoms with Crippen molar-refractivity contribution in [3.63, 3.8) is 0 Å². The average molecular weight is 462 g/mol. The zero-order valence-corrected chi connectivity index (χ0v) is 15.3. The molecule has 2 nitrogen and oxygen atoms in total. The normalized spacial score (nSPS) is 14.8. The summed E-state index contributed by atoms with van der Waals surface area (Å²) in [5.74, 6) is 0.938. The SMILES string of the molecule is NC(c1cc(Br)ccc1Br)c1cc(Br)cc2c1OCC2. The van der Waals surface area contributed by atoms with Gasteiger partial charge in [-0.25, -0.2) is 0 Å². The molecule has 1 atom stereocenters. The molecule has 0 aromatic heterocycles.